The van der Waals surface area contributed by atoms with Crippen LogP contribution in [0.15, 0.2) is 23.1 Å². The minimum absolute atomic E-state index is 0.0334. The van der Waals surface area contributed by atoms with E-state index >= 15 is 0 Å². The van der Waals surface area contributed by atoms with E-state index < -0.39 is 10.8 Å². The number of hydrogen-bond acceptors (Lipinski definition) is 3. The van der Waals surface area contributed by atoms with E-state index in [2.05, 4.69) is 6.07 Å². The third-order valence-corrected chi connectivity index (χ3v) is 4.06. The molecule has 17 heavy (non-hydrogen) atoms. The Morgan fingerprint density at radius 1 is 1.41 bits per heavy atom. The first kappa shape index (κ1) is 14.4. The Balaban J connectivity index is 2.52. The first-order chi connectivity index (χ1) is 8.04. The lowest BCUT2D eigenvalue weighted by Gasteiger charge is -2.11. The van der Waals surface area contributed by atoms with Crippen LogP contribution in [0.25, 0.3) is 0 Å². The lowest BCUT2D eigenvalue weighted by atomic mass is 10.2. The molecule has 0 aromatic heterocycles. The van der Waals surface area contributed by atoms with Crippen molar-refractivity contribution in [3.05, 3.63) is 29.3 Å². The molecule has 3 nitrogen and oxygen atoms in total. The van der Waals surface area contributed by atoms with Gasteiger partial charge in [-0.25, -0.2) is 0 Å². The summed E-state index contributed by atoms with van der Waals surface area (Å²) in [7, 11) is -0.987. The van der Waals surface area contributed by atoms with Crippen LogP contribution in [-0.2, 0) is 15.5 Å². The van der Waals surface area contributed by atoms with Crippen LogP contribution in [0.5, 0.6) is 0 Å². The highest BCUT2D eigenvalue weighted by Crippen LogP contribution is 2.14. The number of ether oxygens (including phenoxy) is 1. The largest absolute Gasteiger partial charge is 0.376 e. The maximum absolute atomic E-state index is 12.0. The molecule has 0 fully saturated rings. The van der Waals surface area contributed by atoms with Crippen LogP contribution in [0.1, 0.15) is 18.1 Å². The quantitative estimate of drug-likeness (QED) is 0.843. The molecule has 1 aromatic rings. The van der Waals surface area contributed by atoms with Crippen LogP contribution in [0, 0.1) is 13.8 Å². The minimum atomic E-state index is -0.987. The molecule has 0 radical (unpaired) electrons. The van der Waals surface area contributed by atoms with Crippen molar-refractivity contribution in [2.75, 3.05) is 18.9 Å². The molecule has 4 heteroatoms. The van der Waals surface area contributed by atoms with Gasteiger partial charge in [0, 0.05) is 11.4 Å². The van der Waals surface area contributed by atoms with Crippen LogP contribution in [0.4, 0.5) is 0 Å². The standard InChI is InChI=1S/C13H21NO2S/c1-10-4-5-13(11(2)8-10)17(15)7-6-16-12(3)9-14/h4-5,8,12H,6-7,9,14H2,1-3H3. The second kappa shape index (κ2) is 6.89. The SMILES string of the molecule is Cc1ccc(S(=O)CCOC(C)CN)c(C)c1. The van der Waals surface area contributed by atoms with Crippen molar-refractivity contribution in [3.63, 3.8) is 0 Å². The first-order valence-corrected chi connectivity index (χ1v) is 7.13. The third kappa shape index (κ3) is 4.58. The lowest BCUT2D eigenvalue weighted by molar-refractivity contribution is 0.0842. The Morgan fingerprint density at radius 3 is 2.71 bits per heavy atom. The summed E-state index contributed by atoms with van der Waals surface area (Å²) < 4.78 is 17.5. The van der Waals surface area contributed by atoms with Gasteiger partial charge in [-0.1, -0.05) is 17.7 Å². The molecule has 0 heterocycles. The van der Waals surface area contributed by atoms with Crippen molar-refractivity contribution in [2.24, 2.45) is 5.73 Å². The van der Waals surface area contributed by atoms with Gasteiger partial charge in [-0.15, -0.1) is 0 Å². The Kier molecular flexibility index (Phi) is 5.82. The fraction of sp³-hybridized carbons (Fsp3) is 0.538. The zero-order valence-electron chi connectivity index (χ0n) is 10.7. The molecule has 2 unspecified atom stereocenters. The van der Waals surface area contributed by atoms with Crippen molar-refractivity contribution >= 4 is 10.8 Å². The molecule has 0 saturated carbocycles. The number of aryl methyl sites for hydroxylation is 2. The maximum Gasteiger partial charge on any atom is 0.0669 e. The molecule has 0 bridgehead atoms. The van der Waals surface area contributed by atoms with Gasteiger partial charge in [-0.05, 0) is 32.4 Å². The summed E-state index contributed by atoms with van der Waals surface area (Å²) in [4.78, 5) is 0.902. The smallest absolute Gasteiger partial charge is 0.0669 e. The molecule has 1 aromatic carbocycles. The second-order valence-electron chi connectivity index (χ2n) is 4.24. The maximum atomic E-state index is 12.0. The normalized spacial score (nSPS) is 14.6. The zero-order valence-corrected chi connectivity index (χ0v) is 11.5. The van der Waals surface area contributed by atoms with Gasteiger partial charge < -0.3 is 10.5 Å². The highest BCUT2D eigenvalue weighted by molar-refractivity contribution is 7.85. The molecule has 1 rings (SSSR count). The molecular weight excluding hydrogens is 234 g/mol. The average Bonchev–Trinajstić information content (AvgIpc) is 2.28. The van der Waals surface area contributed by atoms with E-state index in [-0.39, 0.29) is 6.10 Å². The first-order valence-electron chi connectivity index (χ1n) is 5.82. The van der Waals surface area contributed by atoms with E-state index in [1.54, 1.807) is 0 Å². The van der Waals surface area contributed by atoms with Gasteiger partial charge in [0.25, 0.3) is 0 Å². The molecule has 2 atom stereocenters. The van der Waals surface area contributed by atoms with E-state index in [1.807, 2.05) is 32.9 Å². The molecule has 0 spiro atoms. The Bertz CT molecular complexity index is 393. The molecule has 96 valence electrons. The van der Waals surface area contributed by atoms with Crippen LogP contribution in [0.2, 0.25) is 0 Å². The topological polar surface area (TPSA) is 52.3 Å². The van der Waals surface area contributed by atoms with Crippen molar-refractivity contribution in [1.29, 1.82) is 0 Å². The number of hydrogen-bond donors (Lipinski definition) is 1. The number of benzene rings is 1. The summed E-state index contributed by atoms with van der Waals surface area (Å²) in [5.41, 5.74) is 7.71. The minimum Gasteiger partial charge on any atom is -0.376 e. The van der Waals surface area contributed by atoms with Gasteiger partial charge >= 0.3 is 0 Å². The molecule has 0 aliphatic heterocycles. The van der Waals surface area contributed by atoms with E-state index in [4.69, 9.17) is 10.5 Å². The monoisotopic (exact) mass is 255 g/mol. The highest BCUT2D eigenvalue weighted by Gasteiger charge is 2.08. The van der Waals surface area contributed by atoms with E-state index in [1.165, 1.54) is 5.56 Å². The Hall–Kier alpha value is -0.710. The van der Waals surface area contributed by atoms with E-state index in [0.29, 0.717) is 18.9 Å². The summed E-state index contributed by atoms with van der Waals surface area (Å²) in [6.07, 6.45) is 0.0334. The second-order valence-corrected chi connectivity index (χ2v) is 5.77. The number of nitrogens with two attached hydrogens (primary N) is 1. The fourth-order valence-electron chi connectivity index (χ4n) is 1.56. The molecule has 0 saturated heterocycles. The molecule has 0 aliphatic carbocycles. The zero-order chi connectivity index (χ0) is 12.8. The third-order valence-electron chi connectivity index (χ3n) is 2.58. The summed E-state index contributed by atoms with van der Waals surface area (Å²) in [5, 5.41) is 0. The van der Waals surface area contributed by atoms with Gasteiger partial charge in [0.05, 0.1) is 29.3 Å². The van der Waals surface area contributed by atoms with Crippen LogP contribution >= 0.6 is 0 Å². The number of rotatable bonds is 6. The summed E-state index contributed by atoms with van der Waals surface area (Å²) in [6.45, 7) is 6.92. The van der Waals surface area contributed by atoms with Gasteiger partial charge in [0.15, 0.2) is 0 Å². The van der Waals surface area contributed by atoms with E-state index in [0.717, 1.165) is 10.5 Å². The molecule has 0 aliphatic rings. The van der Waals surface area contributed by atoms with Crippen LogP contribution in [0.3, 0.4) is 0 Å². The van der Waals surface area contributed by atoms with E-state index in [9.17, 15) is 4.21 Å². The predicted molar refractivity (Wildman–Crippen MR) is 71.7 cm³/mol. The fourth-order valence-corrected chi connectivity index (χ4v) is 2.66. The molecular formula is C13H21NO2S. The van der Waals surface area contributed by atoms with Crippen LogP contribution < -0.4 is 5.73 Å². The highest BCUT2D eigenvalue weighted by atomic mass is 32.2. The lowest BCUT2D eigenvalue weighted by Crippen LogP contribution is -2.22. The van der Waals surface area contributed by atoms with Crippen molar-refractivity contribution < 1.29 is 8.95 Å². The van der Waals surface area contributed by atoms with Gasteiger partial charge in [0.2, 0.25) is 0 Å². The molecule has 0 amide bonds. The van der Waals surface area contributed by atoms with Crippen LogP contribution in [-0.4, -0.2) is 29.2 Å². The summed E-state index contributed by atoms with van der Waals surface area (Å²) in [6, 6.07) is 5.98. The summed E-state index contributed by atoms with van der Waals surface area (Å²) >= 11 is 0. The summed E-state index contributed by atoms with van der Waals surface area (Å²) in [5.74, 6) is 0.522. The predicted octanol–water partition coefficient (Wildman–Crippen LogP) is 1.77. The molecule has 2 N–H and O–H groups in total. The van der Waals surface area contributed by atoms with Gasteiger partial charge in [-0.3, -0.25) is 4.21 Å². The Morgan fingerprint density at radius 2 is 2.12 bits per heavy atom. The van der Waals surface area contributed by atoms with Gasteiger partial charge in [0.1, 0.15) is 0 Å². The Labute approximate surface area is 106 Å². The average molecular weight is 255 g/mol. The van der Waals surface area contributed by atoms with Crippen molar-refractivity contribution in [1.82, 2.24) is 0 Å². The van der Waals surface area contributed by atoms with Crippen molar-refractivity contribution in [3.8, 4) is 0 Å². The van der Waals surface area contributed by atoms with Crippen molar-refractivity contribution in [2.45, 2.75) is 31.8 Å². The van der Waals surface area contributed by atoms with Gasteiger partial charge in [-0.2, -0.15) is 0 Å².